The van der Waals surface area contributed by atoms with Crippen molar-refractivity contribution in [1.29, 1.82) is 0 Å². The maximum Gasteiger partial charge on any atom is 0.186 e. The fourth-order valence-electron chi connectivity index (χ4n) is 1.04. The van der Waals surface area contributed by atoms with Crippen molar-refractivity contribution in [2.24, 2.45) is 5.10 Å². The molecule has 1 aromatic carbocycles. The summed E-state index contributed by atoms with van der Waals surface area (Å²) in [5, 5.41) is 17.5. The summed E-state index contributed by atoms with van der Waals surface area (Å²) in [6.45, 7) is 2.66. The van der Waals surface area contributed by atoms with E-state index in [1.807, 2.05) is 29.5 Å². The zero-order valence-corrected chi connectivity index (χ0v) is 12.7. The van der Waals surface area contributed by atoms with Crippen LogP contribution in [0.3, 0.4) is 0 Å². The fourth-order valence-corrected chi connectivity index (χ4v) is 2.30. The third-order valence-corrected chi connectivity index (χ3v) is 3.04. The van der Waals surface area contributed by atoms with Crippen LogP contribution in [0.2, 0.25) is 5.02 Å². The lowest BCUT2D eigenvalue weighted by atomic mass is 10.2. The van der Waals surface area contributed by atoms with E-state index in [2.05, 4.69) is 15.8 Å². The van der Waals surface area contributed by atoms with Gasteiger partial charge in [0.2, 0.25) is 0 Å². The Bertz CT molecular complexity index is 453. The van der Waals surface area contributed by atoms with Crippen LogP contribution in [-0.4, -0.2) is 23.0 Å². The highest BCUT2D eigenvalue weighted by molar-refractivity contribution is 14.1. The van der Waals surface area contributed by atoms with Gasteiger partial charge in [0.15, 0.2) is 5.11 Å². The molecule has 0 atom stereocenters. The Hall–Kier alpha value is -0.600. The van der Waals surface area contributed by atoms with Crippen molar-refractivity contribution in [2.45, 2.75) is 6.92 Å². The molecule has 0 saturated heterocycles. The Morgan fingerprint density at radius 3 is 3.00 bits per heavy atom. The number of thiocarbonyl (C=S) groups is 1. The fraction of sp³-hybridized carbons (Fsp3) is 0.200. The molecule has 0 heterocycles. The SMILES string of the molecule is CCNC(=S)N/N=C\c1cc(Cl)cc(I)c1O. The van der Waals surface area contributed by atoms with Crippen molar-refractivity contribution in [1.82, 2.24) is 10.7 Å². The van der Waals surface area contributed by atoms with Crippen LogP contribution in [0.4, 0.5) is 0 Å². The maximum atomic E-state index is 9.76. The number of benzene rings is 1. The molecule has 0 spiro atoms. The zero-order valence-electron chi connectivity index (χ0n) is 9.00. The highest BCUT2D eigenvalue weighted by atomic mass is 127. The van der Waals surface area contributed by atoms with Crippen LogP contribution in [0.25, 0.3) is 0 Å². The summed E-state index contributed by atoms with van der Waals surface area (Å²) >= 11 is 12.8. The monoisotopic (exact) mass is 383 g/mol. The normalized spacial score (nSPS) is 10.5. The summed E-state index contributed by atoms with van der Waals surface area (Å²) in [5.74, 6) is 0.148. The molecule has 1 aromatic rings. The number of hydrogen-bond donors (Lipinski definition) is 3. The van der Waals surface area contributed by atoms with Crippen molar-refractivity contribution in [3.8, 4) is 5.75 Å². The minimum absolute atomic E-state index is 0.148. The number of aromatic hydroxyl groups is 1. The minimum atomic E-state index is 0.148. The first-order valence-electron chi connectivity index (χ1n) is 4.79. The van der Waals surface area contributed by atoms with Gasteiger partial charge in [-0.05, 0) is 53.9 Å². The van der Waals surface area contributed by atoms with Crippen molar-refractivity contribution >= 4 is 57.7 Å². The summed E-state index contributed by atoms with van der Waals surface area (Å²) in [4.78, 5) is 0. The van der Waals surface area contributed by atoms with Crippen LogP contribution in [-0.2, 0) is 0 Å². The Labute approximate surface area is 124 Å². The highest BCUT2D eigenvalue weighted by Crippen LogP contribution is 2.26. The third-order valence-electron chi connectivity index (χ3n) is 1.76. The number of halogens is 2. The van der Waals surface area contributed by atoms with E-state index in [1.54, 1.807) is 12.1 Å². The summed E-state index contributed by atoms with van der Waals surface area (Å²) in [6.07, 6.45) is 1.47. The molecule has 4 nitrogen and oxygen atoms in total. The van der Waals surface area contributed by atoms with Crippen LogP contribution in [0, 0.1) is 3.57 Å². The zero-order chi connectivity index (χ0) is 12.8. The summed E-state index contributed by atoms with van der Waals surface area (Å²) < 4.78 is 0.672. The number of nitrogens with zero attached hydrogens (tertiary/aromatic N) is 1. The number of hydrazone groups is 1. The predicted octanol–water partition coefficient (Wildman–Crippen LogP) is 2.47. The van der Waals surface area contributed by atoms with Crippen molar-refractivity contribution in [2.75, 3.05) is 6.54 Å². The van der Waals surface area contributed by atoms with Crippen LogP contribution in [0.5, 0.6) is 5.75 Å². The van der Waals surface area contributed by atoms with E-state index in [9.17, 15) is 5.11 Å². The largest absolute Gasteiger partial charge is 0.506 e. The average Bonchev–Trinajstić information content (AvgIpc) is 2.25. The molecule has 0 fully saturated rings. The standard InChI is InChI=1S/C10H11ClIN3OS/c1-2-13-10(17)15-14-5-6-3-7(11)4-8(12)9(6)16/h3-5,16H,2H2,1H3,(H2,13,15,17)/b14-5-. The van der Waals surface area contributed by atoms with Gasteiger partial charge in [-0.1, -0.05) is 11.6 Å². The minimum Gasteiger partial charge on any atom is -0.506 e. The van der Waals surface area contributed by atoms with Gasteiger partial charge in [0, 0.05) is 17.1 Å². The van der Waals surface area contributed by atoms with Crippen LogP contribution in [0.15, 0.2) is 17.2 Å². The van der Waals surface area contributed by atoms with E-state index in [4.69, 9.17) is 23.8 Å². The van der Waals surface area contributed by atoms with Crippen molar-refractivity contribution < 1.29 is 5.11 Å². The van der Waals surface area contributed by atoms with E-state index in [0.717, 1.165) is 6.54 Å². The van der Waals surface area contributed by atoms with E-state index >= 15 is 0 Å². The molecule has 0 saturated carbocycles. The molecule has 0 aliphatic heterocycles. The van der Waals surface area contributed by atoms with E-state index < -0.39 is 0 Å². The molecule has 7 heteroatoms. The van der Waals surface area contributed by atoms with Gasteiger partial charge in [-0.2, -0.15) is 5.10 Å². The Kier molecular flexibility index (Phi) is 5.93. The topological polar surface area (TPSA) is 56.7 Å². The average molecular weight is 384 g/mol. The van der Waals surface area contributed by atoms with Gasteiger partial charge in [-0.3, -0.25) is 5.43 Å². The summed E-state index contributed by atoms with van der Waals surface area (Å²) in [7, 11) is 0. The van der Waals surface area contributed by atoms with E-state index in [1.165, 1.54) is 6.21 Å². The molecule has 0 aliphatic carbocycles. The molecule has 0 radical (unpaired) electrons. The quantitative estimate of drug-likeness (QED) is 0.325. The number of phenolic OH excluding ortho intramolecular Hbond substituents is 1. The van der Waals surface area contributed by atoms with Crippen LogP contribution >= 0.6 is 46.4 Å². The lowest BCUT2D eigenvalue weighted by molar-refractivity contribution is 0.470. The molecular weight excluding hydrogens is 373 g/mol. The van der Waals surface area contributed by atoms with Gasteiger partial charge in [0.25, 0.3) is 0 Å². The number of nitrogens with one attached hydrogen (secondary N) is 2. The lowest BCUT2D eigenvalue weighted by Crippen LogP contribution is -2.31. The van der Waals surface area contributed by atoms with Crippen molar-refractivity contribution in [3.63, 3.8) is 0 Å². The molecule has 0 aliphatic rings. The molecular formula is C10H11ClIN3OS. The first kappa shape index (κ1) is 14.5. The Balaban J connectivity index is 2.74. The van der Waals surface area contributed by atoms with E-state index in [0.29, 0.717) is 19.3 Å². The summed E-state index contributed by atoms with van der Waals surface area (Å²) in [5.41, 5.74) is 3.17. The van der Waals surface area contributed by atoms with Crippen molar-refractivity contribution in [3.05, 3.63) is 26.3 Å². The highest BCUT2D eigenvalue weighted by Gasteiger charge is 2.05. The maximum absolute atomic E-state index is 9.76. The number of hydrogen-bond acceptors (Lipinski definition) is 3. The molecule has 0 bridgehead atoms. The second-order valence-electron chi connectivity index (χ2n) is 3.05. The second-order valence-corrected chi connectivity index (χ2v) is 5.06. The van der Waals surface area contributed by atoms with Gasteiger partial charge < -0.3 is 10.4 Å². The molecule has 0 unspecified atom stereocenters. The smallest absolute Gasteiger partial charge is 0.186 e. The lowest BCUT2D eigenvalue weighted by Gasteiger charge is -2.04. The second kappa shape index (κ2) is 6.97. The predicted molar refractivity (Wildman–Crippen MR) is 82.8 cm³/mol. The molecule has 3 N–H and O–H groups in total. The first-order valence-corrected chi connectivity index (χ1v) is 6.66. The summed E-state index contributed by atoms with van der Waals surface area (Å²) in [6, 6.07) is 3.30. The first-order chi connectivity index (χ1) is 8.04. The molecule has 1 rings (SSSR count). The van der Waals surface area contributed by atoms with Gasteiger partial charge in [-0.25, -0.2) is 0 Å². The Morgan fingerprint density at radius 2 is 2.35 bits per heavy atom. The molecule has 0 aromatic heterocycles. The third kappa shape index (κ3) is 4.64. The molecule has 0 amide bonds. The number of phenols is 1. The molecule has 17 heavy (non-hydrogen) atoms. The van der Waals surface area contributed by atoms with Gasteiger partial charge in [-0.15, -0.1) is 0 Å². The van der Waals surface area contributed by atoms with Gasteiger partial charge in [0.1, 0.15) is 5.75 Å². The van der Waals surface area contributed by atoms with E-state index in [-0.39, 0.29) is 5.75 Å². The van der Waals surface area contributed by atoms with Gasteiger partial charge in [0.05, 0.1) is 9.78 Å². The van der Waals surface area contributed by atoms with Crippen LogP contribution < -0.4 is 10.7 Å². The van der Waals surface area contributed by atoms with Gasteiger partial charge >= 0.3 is 0 Å². The molecule has 92 valence electrons. The number of rotatable bonds is 3. The Morgan fingerprint density at radius 1 is 1.65 bits per heavy atom. The van der Waals surface area contributed by atoms with Crippen LogP contribution in [0.1, 0.15) is 12.5 Å².